The fourth-order valence-corrected chi connectivity index (χ4v) is 2.88. The Balaban J connectivity index is 2.52. The number of benzene rings is 2. The highest BCUT2D eigenvalue weighted by molar-refractivity contribution is 9.10. The molecular formula is C16H15BrClF2N. The molecule has 2 aromatic carbocycles. The number of hydrogen-bond acceptors (Lipinski definition) is 1. The molecule has 0 radical (unpaired) electrons. The van der Waals surface area contributed by atoms with E-state index in [0.29, 0.717) is 27.2 Å². The molecule has 112 valence electrons. The Kier molecular flexibility index (Phi) is 5.73. The molecule has 0 heterocycles. The summed E-state index contributed by atoms with van der Waals surface area (Å²) < 4.78 is 27.7. The third kappa shape index (κ3) is 3.82. The smallest absolute Gasteiger partial charge is 0.137 e. The summed E-state index contributed by atoms with van der Waals surface area (Å²) in [7, 11) is 0. The van der Waals surface area contributed by atoms with Crippen LogP contribution in [0.4, 0.5) is 8.78 Å². The minimum absolute atomic E-state index is 0.358. The lowest BCUT2D eigenvalue weighted by molar-refractivity contribution is 0.573. The molecule has 1 unspecified atom stereocenters. The summed E-state index contributed by atoms with van der Waals surface area (Å²) in [6, 6.07) is 8.62. The first-order valence-electron chi connectivity index (χ1n) is 6.66. The Bertz CT molecular complexity index is 632. The van der Waals surface area contributed by atoms with Crippen molar-refractivity contribution in [2.75, 3.05) is 6.54 Å². The van der Waals surface area contributed by atoms with Crippen molar-refractivity contribution >= 4 is 27.5 Å². The molecule has 5 heteroatoms. The van der Waals surface area contributed by atoms with Crippen molar-refractivity contribution in [3.05, 3.63) is 68.7 Å². The molecule has 0 saturated carbocycles. The van der Waals surface area contributed by atoms with Gasteiger partial charge in [0.05, 0.1) is 10.5 Å². The third-order valence-corrected chi connectivity index (χ3v) is 4.34. The molecular weight excluding hydrogens is 360 g/mol. The van der Waals surface area contributed by atoms with E-state index in [4.69, 9.17) is 11.6 Å². The Morgan fingerprint density at radius 3 is 2.67 bits per heavy atom. The van der Waals surface area contributed by atoms with Crippen molar-refractivity contribution in [1.29, 1.82) is 0 Å². The summed E-state index contributed by atoms with van der Waals surface area (Å²) >= 11 is 9.46. The maximum absolute atomic E-state index is 13.8. The predicted molar refractivity (Wildman–Crippen MR) is 85.6 cm³/mol. The van der Waals surface area contributed by atoms with Gasteiger partial charge in [-0.1, -0.05) is 30.7 Å². The van der Waals surface area contributed by atoms with E-state index in [1.807, 2.05) is 6.92 Å². The second-order valence-electron chi connectivity index (χ2n) is 4.70. The SMILES string of the molecule is CCCNC(c1cc(F)ccc1Cl)c1cccc(F)c1Br. The average Bonchev–Trinajstić information content (AvgIpc) is 2.47. The zero-order valence-electron chi connectivity index (χ0n) is 11.5. The minimum atomic E-state index is -0.377. The van der Waals surface area contributed by atoms with Gasteiger partial charge in [-0.25, -0.2) is 8.78 Å². The van der Waals surface area contributed by atoms with Crippen LogP contribution in [-0.2, 0) is 0 Å². The monoisotopic (exact) mass is 373 g/mol. The van der Waals surface area contributed by atoms with E-state index in [0.717, 1.165) is 6.42 Å². The minimum Gasteiger partial charge on any atom is -0.306 e. The number of hydrogen-bond donors (Lipinski definition) is 1. The molecule has 2 rings (SSSR count). The van der Waals surface area contributed by atoms with Crippen molar-refractivity contribution < 1.29 is 8.78 Å². The molecule has 1 atom stereocenters. The first kappa shape index (κ1) is 16.4. The van der Waals surface area contributed by atoms with Gasteiger partial charge in [-0.15, -0.1) is 0 Å². The molecule has 1 nitrogen and oxygen atoms in total. The van der Waals surface area contributed by atoms with Crippen LogP contribution >= 0.6 is 27.5 Å². The summed E-state index contributed by atoms with van der Waals surface area (Å²) in [5, 5.41) is 3.74. The molecule has 0 aliphatic carbocycles. The highest BCUT2D eigenvalue weighted by Gasteiger charge is 2.20. The zero-order valence-corrected chi connectivity index (χ0v) is 13.8. The van der Waals surface area contributed by atoms with Gasteiger partial charge in [0.1, 0.15) is 11.6 Å². The van der Waals surface area contributed by atoms with Gasteiger partial charge in [-0.3, -0.25) is 0 Å². The molecule has 1 N–H and O–H groups in total. The van der Waals surface area contributed by atoms with Crippen LogP contribution in [0.1, 0.15) is 30.5 Å². The van der Waals surface area contributed by atoms with Gasteiger partial charge in [0, 0.05) is 5.02 Å². The van der Waals surface area contributed by atoms with Crippen molar-refractivity contribution in [2.45, 2.75) is 19.4 Å². The molecule has 0 aliphatic heterocycles. The van der Waals surface area contributed by atoms with E-state index in [2.05, 4.69) is 21.2 Å². The van der Waals surface area contributed by atoms with Gasteiger partial charge in [0.15, 0.2) is 0 Å². The van der Waals surface area contributed by atoms with Gasteiger partial charge >= 0.3 is 0 Å². The van der Waals surface area contributed by atoms with Gasteiger partial charge < -0.3 is 5.32 Å². The summed E-state index contributed by atoms with van der Waals surface area (Å²) in [4.78, 5) is 0. The summed E-state index contributed by atoms with van der Waals surface area (Å²) in [5.74, 6) is -0.728. The van der Waals surface area contributed by atoms with E-state index in [1.54, 1.807) is 12.1 Å². The molecule has 0 bridgehead atoms. The third-order valence-electron chi connectivity index (χ3n) is 3.16. The quantitative estimate of drug-likeness (QED) is 0.732. The number of rotatable bonds is 5. The standard InChI is InChI=1S/C16H15BrClF2N/c1-2-8-21-16(11-4-3-5-14(20)15(11)17)12-9-10(19)6-7-13(12)18/h3-7,9,16,21H,2,8H2,1H3. The first-order valence-corrected chi connectivity index (χ1v) is 7.84. The van der Waals surface area contributed by atoms with Crippen LogP contribution in [0.3, 0.4) is 0 Å². The topological polar surface area (TPSA) is 12.0 Å². The molecule has 21 heavy (non-hydrogen) atoms. The molecule has 0 aliphatic rings. The molecule has 0 spiro atoms. The van der Waals surface area contributed by atoms with Gasteiger partial charge in [0.25, 0.3) is 0 Å². The van der Waals surface area contributed by atoms with Crippen molar-refractivity contribution in [3.8, 4) is 0 Å². The summed E-state index contributed by atoms with van der Waals surface area (Å²) in [6.45, 7) is 2.73. The maximum Gasteiger partial charge on any atom is 0.137 e. The number of halogens is 4. The summed E-state index contributed by atoms with van der Waals surface area (Å²) in [5.41, 5.74) is 1.28. The Labute approximate surface area is 136 Å². The van der Waals surface area contributed by atoms with E-state index >= 15 is 0 Å². The molecule has 2 aromatic rings. The van der Waals surface area contributed by atoms with Crippen LogP contribution in [0.5, 0.6) is 0 Å². The van der Waals surface area contributed by atoms with Crippen LogP contribution in [0.15, 0.2) is 40.9 Å². The lowest BCUT2D eigenvalue weighted by Crippen LogP contribution is -2.24. The van der Waals surface area contributed by atoms with Crippen molar-refractivity contribution in [3.63, 3.8) is 0 Å². The van der Waals surface area contributed by atoms with Gasteiger partial charge in [0.2, 0.25) is 0 Å². The van der Waals surface area contributed by atoms with Gasteiger partial charge in [-0.2, -0.15) is 0 Å². The largest absolute Gasteiger partial charge is 0.306 e. The van der Waals surface area contributed by atoms with Crippen LogP contribution in [-0.4, -0.2) is 6.54 Å². The van der Waals surface area contributed by atoms with E-state index in [1.165, 1.54) is 24.3 Å². The highest BCUT2D eigenvalue weighted by atomic mass is 79.9. The average molecular weight is 375 g/mol. The Morgan fingerprint density at radius 1 is 1.19 bits per heavy atom. The maximum atomic E-state index is 13.8. The van der Waals surface area contributed by atoms with Gasteiger partial charge in [-0.05, 0) is 64.3 Å². The van der Waals surface area contributed by atoms with Crippen LogP contribution in [0.25, 0.3) is 0 Å². The fraction of sp³-hybridized carbons (Fsp3) is 0.250. The lowest BCUT2D eigenvalue weighted by Gasteiger charge is -2.22. The van der Waals surface area contributed by atoms with Crippen LogP contribution in [0, 0.1) is 11.6 Å². The molecule has 0 fully saturated rings. The second kappa shape index (κ2) is 7.34. The molecule has 0 saturated heterocycles. The normalized spacial score (nSPS) is 12.4. The molecule has 0 amide bonds. The van der Waals surface area contributed by atoms with Crippen molar-refractivity contribution in [1.82, 2.24) is 5.32 Å². The number of nitrogens with one attached hydrogen (secondary N) is 1. The Hall–Kier alpha value is -0.970. The van der Waals surface area contributed by atoms with Crippen LogP contribution < -0.4 is 5.32 Å². The summed E-state index contributed by atoms with van der Waals surface area (Å²) in [6.07, 6.45) is 0.899. The highest BCUT2D eigenvalue weighted by Crippen LogP contribution is 2.34. The van der Waals surface area contributed by atoms with E-state index < -0.39 is 0 Å². The molecule has 0 aromatic heterocycles. The van der Waals surface area contributed by atoms with E-state index in [-0.39, 0.29) is 17.7 Å². The second-order valence-corrected chi connectivity index (χ2v) is 5.90. The van der Waals surface area contributed by atoms with Crippen molar-refractivity contribution in [2.24, 2.45) is 0 Å². The zero-order chi connectivity index (χ0) is 15.4. The van der Waals surface area contributed by atoms with E-state index in [9.17, 15) is 8.78 Å². The lowest BCUT2D eigenvalue weighted by atomic mass is 9.98. The Morgan fingerprint density at radius 2 is 1.95 bits per heavy atom. The fourth-order valence-electron chi connectivity index (χ4n) is 2.16. The van der Waals surface area contributed by atoms with Crippen LogP contribution in [0.2, 0.25) is 5.02 Å². The predicted octanol–water partition coefficient (Wildman–Crippen LogP) is 5.47. The first-order chi connectivity index (χ1) is 10.0.